The molecule has 1 fully saturated rings. The van der Waals surface area contributed by atoms with Gasteiger partial charge in [0.1, 0.15) is 0 Å². The molecule has 0 saturated heterocycles. The third-order valence-corrected chi connectivity index (χ3v) is 2.67. The maximum atomic E-state index is 11.7. The van der Waals surface area contributed by atoms with Gasteiger partial charge >= 0.3 is 0 Å². The molecule has 2 heteroatoms. The lowest BCUT2D eigenvalue weighted by Crippen LogP contribution is -2.25. The molecular weight excluding hydrogens is 186 g/mol. The van der Waals surface area contributed by atoms with Crippen LogP contribution in [0.5, 0.6) is 0 Å². The normalized spacial score (nSPS) is 15.0. The zero-order chi connectivity index (χ0) is 10.7. The van der Waals surface area contributed by atoms with Crippen LogP contribution in [-0.2, 0) is 6.42 Å². The molecule has 15 heavy (non-hydrogen) atoms. The quantitative estimate of drug-likeness (QED) is 0.800. The Bertz CT molecular complexity index is 338. The van der Waals surface area contributed by atoms with Crippen LogP contribution in [0.3, 0.4) is 0 Å². The molecule has 80 valence electrons. The maximum Gasteiger partial charge on any atom is 0.251 e. The Balaban J connectivity index is 1.98. The summed E-state index contributed by atoms with van der Waals surface area (Å²) >= 11 is 0. The van der Waals surface area contributed by atoms with Crippen molar-refractivity contribution in [3.63, 3.8) is 0 Å². The van der Waals surface area contributed by atoms with Crippen LogP contribution in [0.2, 0.25) is 0 Å². The minimum Gasteiger partial charge on any atom is -0.349 e. The SMILES string of the molecule is CCCc1ccc(C(=O)NC2CC2)cc1. The van der Waals surface area contributed by atoms with Crippen molar-refractivity contribution in [1.82, 2.24) is 5.32 Å². The Morgan fingerprint density at radius 2 is 2.00 bits per heavy atom. The second kappa shape index (κ2) is 4.47. The Kier molecular flexibility index (Phi) is 3.05. The summed E-state index contributed by atoms with van der Waals surface area (Å²) in [7, 11) is 0. The first-order valence-corrected chi connectivity index (χ1v) is 5.69. The first-order chi connectivity index (χ1) is 7.29. The van der Waals surface area contributed by atoms with Crippen molar-refractivity contribution >= 4 is 5.91 Å². The van der Waals surface area contributed by atoms with E-state index in [1.54, 1.807) is 0 Å². The van der Waals surface area contributed by atoms with E-state index in [2.05, 4.69) is 12.2 Å². The van der Waals surface area contributed by atoms with E-state index in [4.69, 9.17) is 0 Å². The van der Waals surface area contributed by atoms with Gasteiger partial charge in [-0.1, -0.05) is 25.5 Å². The van der Waals surface area contributed by atoms with Crippen LogP contribution in [-0.4, -0.2) is 11.9 Å². The van der Waals surface area contributed by atoms with Gasteiger partial charge in [-0.25, -0.2) is 0 Å². The molecule has 1 aliphatic carbocycles. The van der Waals surface area contributed by atoms with E-state index < -0.39 is 0 Å². The fourth-order valence-corrected chi connectivity index (χ4v) is 1.61. The zero-order valence-electron chi connectivity index (χ0n) is 9.12. The van der Waals surface area contributed by atoms with Gasteiger partial charge in [-0.2, -0.15) is 0 Å². The molecule has 1 amide bonds. The van der Waals surface area contributed by atoms with Gasteiger partial charge in [0.05, 0.1) is 0 Å². The Hall–Kier alpha value is -1.31. The van der Waals surface area contributed by atoms with Gasteiger partial charge in [0.15, 0.2) is 0 Å². The number of hydrogen-bond donors (Lipinski definition) is 1. The zero-order valence-corrected chi connectivity index (χ0v) is 9.12. The van der Waals surface area contributed by atoms with E-state index in [-0.39, 0.29) is 5.91 Å². The summed E-state index contributed by atoms with van der Waals surface area (Å²) in [6.45, 7) is 2.16. The third kappa shape index (κ3) is 2.82. The van der Waals surface area contributed by atoms with E-state index in [9.17, 15) is 4.79 Å². The maximum absolute atomic E-state index is 11.7. The molecule has 0 unspecified atom stereocenters. The Morgan fingerprint density at radius 1 is 1.33 bits per heavy atom. The average molecular weight is 203 g/mol. The monoisotopic (exact) mass is 203 g/mol. The van der Waals surface area contributed by atoms with Crippen molar-refractivity contribution in [3.05, 3.63) is 35.4 Å². The lowest BCUT2D eigenvalue weighted by molar-refractivity contribution is 0.0951. The first-order valence-electron chi connectivity index (χ1n) is 5.69. The summed E-state index contributed by atoms with van der Waals surface area (Å²) < 4.78 is 0. The van der Waals surface area contributed by atoms with Crippen molar-refractivity contribution in [2.45, 2.75) is 38.6 Å². The van der Waals surface area contributed by atoms with Crippen LogP contribution in [0.15, 0.2) is 24.3 Å². The van der Waals surface area contributed by atoms with Crippen LogP contribution in [0.1, 0.15) is 42.1 Å². The molecule has 0 aromatic heterocycles. The summed E-state index contributed by atoms with van der Waals surface area (Å²) in [5.41, 5.74) is 2.09. The number of benzene rings is 1. The standard InChI is InChI=1S/C13H17NO/c1-2-3-10-4-6-11(7-5-10)13(15)14-12-8-9-12/h4-7,12H,2-3,8-9H2,1H3,(H,14,15). The van der Waals surface area contributed by atoms with Gasteiger partial charge in [-0.15, -0.1) is 0 Å². The van der Waals surface area contributed by atoms with Crippen molar-refractivity contribution in [3.8, 4) is 0 Å². The molecule has 1 aliphatic rings. The van der Waals surface area contributed by atoms with Gasteiger partial charge < -0.3 is 5.32 Å². The van der Waals surface area contributed by atoms with E-state index >= 15 is 0 Å². The van der Waals surface area contributed by atoms with Crippen molar-refractivity contribution in [1.29, 1.82) is 0 Å². The molecule has 0 radical (unpaired) electrons. The number of nitrogens with one attached hydrogen (secondary N) is 1. The van der Waals surface area contributed by atoms with Crippen LogP contribution in [0, 0.1) is 0 Å². The number of carbonyl (C=O) groups is 1. The topological polar surface area (TPSA) is 29.1 Å². The predicted octanol–water partition coefficient (Wildman–Crippen LogP) is 2.53. The predicted molar refractivity (Wildman–Crippen MR) is 60.9 cm³/mol. The minimum absolute atomic E-state index is 0.0700. The second-order valence-corrected chi connectivity index (χ2v) is 4.19. The van der Waals surface area contributed by atoms with E-state index in [1.807, 2.05) is 24.3 Å². The molecule has 2 rings (SSSR count). The van der Waals surface area contributed by atoms with Gasteiger partial charge in [0, 0.05) is 11.6 Å². The number of rotatable bonds is 4. The Labute approximate surface area is 90.7 Å². The van der Waals surface area contributed by atoms with Crippen LogP contribution in [0.4, 0.5) is 0 Å². The second-order valence-electron chi connectivity index (χ2n) is 4.19. The van der Waals surface area contributed by atoms with Gasteiger partial charge in [0.25, 0.3) is 5.91 Å². The van der Waals surface area contributed by atoms with E-state index in [1.165, 1.54) is 5.56 Å². The van der Waals surface area contributed by atoms with Crippen LogP contribution in [0.25, 0.3) is 0 Å². The highest BCUT2D eigenvalue weighted by atomic mass is 16.1. The summed E-state index contributed by atoms with van der Waals surface area (Å²) in [5.74, 6) is 0.0700. The molecule has 0 aliphatic heterocycles. The van der Waals surface area contributed by atoms with Crippen LogP contribution >= 0.6 is 0 Å². The number of aryl methyl sites for hydroxylation is 1. The highest BCUT2D eigenvalue weighted by Gasteiger charge is 2.23. The van der Waals surface area contributed by atoms with Crippen LogP contribution < -0.4 is 5.32 Å². The number of hydrogen-bond acceptors (Lipinski definition) is 1. The molecule has 1 saturated carbocycles. The van der Waals surface area contributed by atoms with Gasteiger partial charge in [0.2, 0.25) is 0 Å². The smallest absolute Gasteiger partial charge is 0.251 e. The number of carbonyl (C=O) groups excluding carboxylic acids is 1. The molecule has 1 aromatic carbocycles. The van der Waals surface area contributed by atoms with Crippen molar-refractivity contribution in [2.75, 3.05) is 0 Å². The third-order valence-electron chi connectivity index (χ3n) is 2.67. The minimum atomic E-state index is 0.0700. The van der Waals surface area contributed by atoms with Crippen molar-refractivity contribution < 1.29 is 4.79 Å². The van der Waals surface area contributed by atoms with Gasteiger partial charge in [-0.05, 0) is 37.0 Å². The highest BCUT2D eigenvalue weighted by molar-refractivity contribution is 5.94. The largest absolute Gasteiger partial charge is 0.349 e. The summed E-state index contributed by atoms with van der Waals surface area (Å²) in [5, 5.41) is 2.98. The number of amides is 1. The lowest BCUT2D eigenvalue weighted by Gasteiger charge is -2.04. The summed E-state index contributed by atoms with van der Waals surface area (Å²) in [4.78, 5) is 11.7. The van der Waals surface area contributed by atoms with Crippen molar-refractivity contribution in [2.24, 2.45) is 0 Å². The first kappa shape index (κ1) is 10.2. The molecule has 1 N–H and O–H groups in total. The lowest BCUT2D eigenvalue weighted by atomic mass is 10.1. The average Bonchev–Trinajstić information content (AvgIpc) is 3.03. The van der Waals surface area contributed by atoms with E-state index in [0.717, 1.165) is 31.2 Å². The molecule has 0 heterocycles. The van der Waals surface area contributed by atoms with E-state index in [0.29, 0.717) is 6.04 Å². The molecule has 0 spiro atoms. The summed E-state index contributed by atoms with van der Waals surface area (Å²) in [6.07, 6.45) is 4.51. The molecule has 2 nitrogen and oxygen atoms in total. The fraction of sp³-hybridized carbons (Fsp3) is 0.462. The highest BCUT2D eigenvalue weighted by Crippen LogP contribution is 2.19. The molecular formula is C13H17NO. The molecule has 1 aromatic rings. The molecule has 0 bridgehead atoms. The Morgan fingerprint density at radius 3 is 2.53 bits per heavy atom. The molecule has 0 atom stereocenters. The van der Waals surface area contributed by atoms with Gasteiger partial charge in [-0.3, -0.25) is 4.79 Å². The fourth-order valence-electron chi connectivity index (χ4n) is 1.61. The summed E-state index contributed by atoms with van der Waals surface area (Å²) in [6, 6.07) is 8.37.